The fourth-order valence-electron chi connectivity index (χ4n) is 3.26. The summed E-state index contributed by atoms with van der Waals surface area (Å²) in [5.41, 5.74) is 5.47. The largest absolute Gasteiger partial charge is 0.375 e. The van der Waals surface area contributed by atoms with E-state index in [9.17, 15) is 0 Å². The topological polar surface area (TPSA) is 26.2 Å². The molecule has 0 atom stereocenters. The van der Waals surface area contributed by atoms with Crippen molar-refractivity contribution in [1.29, 1.82) is 0 Å². The lowest BCUT2D eigenvalue weighted by Gasteiger charge is -2.16. The van der Waals surface area contributed by atoms with Gasteiger partial charge in [0.25, 0.3) is 0 Å². The van der Waals surface area contributed by atoms with Gasteiger partial charge in [0.05, 0.1) is 18.7 Å². The molecule has 0 spiro atoms. The summed E-state index contributed by atoms with van der Waals surface area (Å²) in [6, 6.07) is 4.15. The summed E-state index contributed by atoms with van der Waals surface area (Å²) < 4.78 is 8.13. The Morgan fingerprint density at radius 3 is 3.22 bits per heavy atom. The van der Waals surface area contributed by atoms with Crippen molar-refractivity contribution in [3.05, 3.63) is 34.0 Å². The van der Waals surface area contributed by atoms with E-state index >= 15 is 0 Å². The fourth-order valence-corrected chi connectivity index (χ4v) is 3.50. The van der Waals surface area contributed by atoms with Crippen molar-refractivity contribution in [2.24, 2.45) is 0 Å². The molecule has 0 amide bonds. The zero-order valence-corrected chi connectivity index (χ0v) is 10.9. The number of ether oxygens (including phenoxy) is 1. The molecule has 0 saturated heterocycles. The number of halogens is 1. The van der Waals surface area contributed by atoms with E-state index in [1.54, 1.807) is 0 Å². The van der Waals surface area contributed by atoms with Crippen molar-refractivity contribution in [3.8, 4) is 0 Å². The Labute approximate surface area is 111 Å². The van der Waals surface area contributed by atoms with Gasteiger partial charge in [-0.05, 0) is 17.7 Å². The summed E-state index contributed by atoms with van der Waals surface area (Å²) in [7, 11) is 0. The number of nitrogens with zero attached hydrogens (tertiary/aromatic N) is 1. The molecule has 0 saturated carbocycles. The van der Waals surface area contributed by atoms with Gasteiger partial charge in [0.2, 0.25) is 0 Å². The summed E-state index contributed by atoms with van der Waals surface area (Å²) in [5.74, 6) is 0. The quantitative estimate of drug-likeness (QED) is 0.789. The van der Waals surface area contributed by atoms with E-state index in [0.29, 0.717) is 6.61 Å². The first-order valence-corrected chi connectivity index (χ1v) is 6.83. The molecule has 0 aliphatic carbocycles. The van der Waals surface area contributed by atoms with Crippen LogP contribution < -0.4 is 5.32 Å². The molecule has 1 aromatic heterocycles. The molecule has 0 fully saturated rings. The van der Waals surface area contributed by atoms with Gasteiger partial charge in [-0.3, -0.25) is 0 Å². The number of benzene rings is 1. The highest BCUT2D eigenvalue weighted by molar-refractivity contribution is 6.31. The number of hydrogen-bond donors (Lipinski definition) is 1. The first-order chi connectivity index (χ1) is 8.84. The van der Waals surface area contributed by atoms with Crippen LogP contribution in [-0.2, 0) is 30.9 Å². The minimum Gasteiger partial charge on any atom is -0.375 e. The molecular weight excluding hydrogens is 248 g/mol. The normalized spacial score (nSPS) is 18.7. The smallest absolute Gasteiger partial charge is 0.0738 e. The van der Waals surface area contributed by atoms with Crippen LogP contribution in [0.4, 0.5) is 0 Å². The molecule has 1 aromatic carbocycles. The Hall–Kier alpha value is -1.03. The monoisotopic (exact) mass is 262 g/mol. The fraction of sp³-hybridized carbons (Fsp3) is 0.429. The molecule has 3 heterocycles. The van der Waals surface area contributed by atoms with Gasteiger partial charge in [0, 0.05) is 47.7 Å². The van der Waals surface area contributed by atoms with Crippen LogP contribution in [0.5, 0.6) is 0 Å². The number of rotatable bonds is 0. The van der Waals surface area contributed by atoms with Crippen molar-refractivity contribution >= 4 is 22.5 Å². The molecule has 2 aliphatic rings. The zero-order valence-electron chi connectivity index (χ0n) is 10.1. The van der Waals surface area contributed by atoms with E-state index in [1.165, 1.54) is 27.7 Å². The number of nitrogens with one attached hydrogen (secondary N) is 1. The van der Waals surface area contributed by atoms with E-state index < -0.39 is 0 Å². The Balaban J connectivity index is 2.12. The molecule has 4 heteroatoms. The van der Waals surface area contributed by atoms with Crippen molar-refractivity contribution < 1.29 is 4.74 Å². The summed E-state index contributed by atoms with van der Waals surface area (Å²) in [6.07, 6.45) is 1.10. The molecule has 1 N–H and O–H groups in total. The van der Waals surface area contributed by atoms with E-state index in [4.69, 9.17) is 16.3 Å². The second kappa shape index (κ2) is 3.98. The summed E-state index contributed by atoms with van der Waals surface area (Å²) in [6.45, 7) is 4.44. The van der Waals surface area contributed by atoms with Crippen molar-refractivity contribution in [3.63, 3.8) is 0 Å². The SMILES string of the molecule is Clc1cc2c3c(c1)c1c(n3CCOC2)CCNC1. The van der Waals surface area contributed by atoms with Crippen LogP contribution in [0.25, 0.3) is 10.9 Å². The summed E-state index contributed by atoms with van der Waals surface area (Å²) in [4.78, 5) is 0. The second-order valence-corrected chi connectivity index (χ2v) is 5.45. The Morgan fingerprint density at radius 1 is 1.33 bits per heavy atom. The van der Waals surface area contributed by atoms with Gasteiger partial charge < -0.3 is 14.6 Å². The lowest BCUT2D eigenvalue weighted by Crippen LogP contribution is -2.25. The van der Waals surface area contributed by atoms with Crippen LogP contribution in [0.15, 0.2) is 12.1 Å². The maximum absolute atomic E-state index is 6.25. The van der Waals surface area contributed by atoms with E-state index in [1.807, 2.05) is 6.07 Å². The van der Waals surface area contributed by atoms with Gasteiger partial charge in [0.15, 0.2) is 0 Å². The highest BCUT2D eigenvalue weighted by Crippen LogP contribution is 2.34. The van der Waals surface area contributed by atoms with Gasteiger partial charge in [-0.15, -0.1) is 0 Å². The predicted octanol–water partition coefficient (Wildman–Crippen LogP) is 2.47. The molecule has 0 unspecified atom stereocenters. The first kappa shape index (κ1) is 10.9. The zero-order chi connectivity index (χ0) is 12.1. The van der Waals surface area contributed by atoms with Gasteiger partial charge in [-0.1, -0.05) is 11.6 Å². The van der Waals surface area contributed by atoms with E-state index in [2.05, 4.69) is 16.0 Å². The van der Waals surface area contributed by atoms with Crippen molar-refractivity contribution in [1.82, 2.24) is 9.88 Å². The van der Waals surface area contributed by atoms with Crippen LogP contribution in [0.1, 0.15) is 16.8 Å². The van der Waals surface area contributed by atoms with Crippen LogP contribution in [-0.4, -0.2) is 17.7 Å². The van der Waals surface area contributed by atoms with E-state index in [0.717, 1.165) is 37.7 Å². The highest BCUT2D eigenvalue weighted by Gasteiger charge is 2.23. The average Bonchev–Trinajstić information content (AvgIpc) is 2.55. The molecule has 4 rings (SSSR count). The van der Waals surface area contributed by atoms with Gasteiger partial charge >= 0.3 is 0 Å². The third kappa shape index (κ3) is 1.44. The number of hydrogen-bond acceptors (Lipinski definition) is 2. The minimum absolute atomic E-state index is 0.674. The number of fused-ring (bicyclic) bond motifs is 3. The molecule has 94 valence electrons. The molecule has 2 aromatic rings. The maximum Gasteiger partial charge on any atom is 0.0738 e. The minimum atomic E-state index is 0.674. The summed E-state index contributed by atoms with van der Waals surface area (Å²) in [5, 5.41) is 5.58. The molecule has 2 aliphatic heterocycles. The van der Waals surface area contributed by atoms with Crippen LogP contribution in [0.2, 0.25) is 5.02 Å². The van der Waals surface area contributed by atoms with E-state index in [-0.39, 0.29) is 0 Å². The third-order valence-electron chi connectivity index (χ3n) is 3.98. The van der Waals surface area contributed by atoms with Crippen molar-refractivity contribution in [2.45, 2.75) is 26.1 Å². The van der Waals surface area contributed by atoms with Gasteiger partial charge in [0.1, 0.15) is 0 Å². The van der Waals surface area contributed by atoms with Crippen LogP contribution in [0, 0.1) is 0 Å². The predicted molar refractivity (Wildman–Crippen MR) is 72.0 cm³/mol. The molecule has 3 nitrogen and oxygen atoms in total. The lowest BCUT2D eigenvalue weighted by molar-refractivity contribution is 0.119. The lowest BCUT2D eigenvalue weighted by atomic mass is 10.0. The molecular formula is C14H15ClN2O. The molecule has 18 heavy (non-hydrogen) atoms. The van der Waals surface area contributed by atoms with Crippen LogP contribution >= 0.6 is 11.6 Å². The van der Waals surface area contributed by atoms with Crippen LogP contribution in [0.3, 0.4) is 0 Å². The third-order valence-corrected chi connectivity index (χ3v) is 4.20. The molecule has 0 bridgehead atoms. The standard InChI is InChI=1S/C14H15ClN2O/c15-10-5-9-8-18-4-3-17-13-1-2-16-7-12(13)11(6-10)14(9)17/h5-6,16H,1-4,7-8H2. The average molecular weight is 263 g/mol. The maximum atomic E-state index is 6.25. The highest BCUT2D eigenvalue weighted by atomic mass is 35.5. The van der Waals surface area contributed by atoms with Gasteiger partial charge in [-0.2, -0.15) is 0 Å². The van der Waals surface area contributed by atoms with Crippen molar-refractivity contribution in [2.75, 3.05) is 13.2 Å². The Kier molecular flexibility index (Phi) is 2.40. The Morgan fingerprint density at radius 2 is 2.28 bits per heavy atom. The first-order valence-electron chi connectivity index (χ1n) is 6.45. The molecule has 0 radical (unpaired) electrons. The Bertz CT molecular complexity index is 632. The second-order valence-electron chi connectivity index (χ2n) is 5.02. The number of aromatic nitrogens is 1. The summed E-state index contributed by atoms with van der Waals surface area (Å²) >= 11 is 6.25. The van der Waals surface area contributed by atoms with Gasteiger partial charge in [-0.25, -0.2) is 0 Å².